The summed E-state index contributed by atoms with van der Waals surface area (Å²) in [6.45, 7) is 3.47. The van der Waals surface area contributed by atoms with Crippen LogP contribution in [0, 0.1) is 5.82 Å². The number of rotatable bonds is 6. The van der Waals surface area contributed by atoms with Gasteiger partial charge < -0.3 is 10.6 Å². The molecule has 0 radical (unpaired) electrons. The van der Waals surface area contributed by atoms with Crippen molar-refractivity contribution in [2.75, 3.05) is 19.6 Å². The van der Waals surface area contributed by atoms with Crippen molar-refractivity contribution in [3.8, 4) is 0 Å². The number of piperidine rings is 1. The van der Waals surface area contributed by atoms with Gasteiger partial charge in [0.2, 0.25) is 0 Å². The van der Waals surface area contributed by atoms with E-state index in [4.69, 9.17) is 0 Å². The summed E-state index contributed by atoms with van der Waals surface area (Å²) in [5, 5.41) is 6.10. The first-order chi connectivity index (χ1) is 12.7. The molecule has 5 heteroatoms. The number of likely N-dealkylation sites (tertiary alicyclic amines) is 1. The zero-order valence-corrected chi connectivity index (χ0v) is 15.5. The minimum atomic E-state index is -0.192. The molecule has 1 fully saturated rings. The van der Waals surface area contributed by atoms with E-state index in [1.54, 1.807) is 0 Å². The number of hydrogen-bond acceptors (Lipinski definition) is 2. The molecule has 1 aliphatic carbocycles. The Balaban J connectivity index is 1.31. The van der Waals surface area contributed by atoms with Crippen molar-refractivity contribution >= 4 is 6.03 Å². The molecule has 142 valence electrons. The molecule has 1 aromatic rings. The minimum absolute atomic E-state index is 0.0432. The van der Waals surface area contributed by atoms with Crippen LogP contribution in [0.3, 0.4) is 0 Å². The first-order valence-corrected chi connectivity index (χ1v) is 9.88. The fourth-order valence-corrected chi connectivity index (χ4v) is 3.79. The fraction of sp³-hybridized carbons (Fsp3) is 0.571. The lowest BCUT2D eigenvalue weighted by molar-refractivity contribution is 0.186. The van der Waals surface area contributed by atoms with Gasteiger partial charge in [0, 0.05) is 32.2 Å². The number of nitrogens with zero attached hydrogens (tertiary/aromatic N) is 1. The van der Waals surface area contributed by atoms with Crippen LogP contribution in [0.2, 0.25) is 0 Å². The van der Waals surface area contributed by atoms with E-state index in [0.29, 0.717) is 0 Å². The van der Waals surface area contributed by atoms with Crippen molar-refractivity contribution in [3.05, 3.63) is 47.3 Å². The van der Waals surface area contributed by atoms with Crippen LogP contribution in [0.15, 0.2) is 35.9 Å². The van der Waals surface area contributed by atoms with Gasteiger partial charge in [-0.25, -0.2) is 9.18 Å². The van der Waals surface area contributed by atoms with Gasteiger partial charge in [0.1, 0.15) is 5.82 Å². The van der Waals surface area contributed by atoms with Crippen molar-refractivity contribution in [1.82, 2.24) is 15.5 Å². The molecule has 2 N–H and O–H groups in total. The average Bonchev–Trinajstić information content (AvgIpc) is 2.66. The van der Waals surface area contributed by atoms with Gasteiger partial charge in [0.15, 0.2) is 0 Å². The smallest absolute Gasteiger partial charge is 0.315 e. The lowest BCUT2D eigenvalue weighted by Gasteiger charge is -2.32. The highest BCUT2D eigenvalue weighted by Gasteiger charge is 2.20. The van der Waals surface area contributed by atoms with Crippen LogP contribution < -0.4 is 10.6 Å². The maximum absolute atomic E-state index is 13.0. The molecule has 0 atom stereocenters. The number of benzene rings is 1. The molecule has 2 aliphatic rings. The van der Waals surface area contributed by atoms with Crippen molar-refractivity contribution in [1.29, 1.82) is 0 Å². The second-order valence-corrected chi connectivity index (χ2v) is 7.44. The highest BCUT2D eigenvalue weighted by Crippen LogP contribution is 2.19. The Hall–Kier alpha value is -1.88. The zero-order valence-electron chi connectivity index (χ0n) is 15.5. The molecule has 4 nitrogen and oxygen atoms in total. The lowest BCUT2D eigenvalue weighted by Crippen LogP contribution is -2.47. The standard InChI is InChI=1S/C21H30FN3O/c22-19-8-6-18(7-9-19)16-25-14-11-20(12-15-25)24-21(26)23-13-10-17-4-2-1-3-5-17/h4,6-9,20H,1-3,5,10-16H2,(H2,23,24,26). The van der Waals surface area contributed by atoms with Gasteiger partial charge in [-0.05, 0) is 62.6 Å². The Bertz CT molecular complexity index is 606. The van der Waals surface area contributed by atoms with Gasteiger partial charge in [0.05, 0.1) is 0 Å². The van der Waals surface area contributed by atoms with Gasteiger partial charge in [-0.2, -0.15) is 0 Å². The van der Waals surface area contributed by atoms with Crippen LogP contribution in [0.25, 0.3) is 0 Å². The molecule has 0 bridgehead atoms. The molecule has 1 heterocycles. The number of urea groups is 1. The molecule has 2 amide bonds. The van der Waals surface area contributed by atoms with Gasteiger partial charge in [-0.15, -0.1) is 0 Å². The van der Waals surface area contributed by atoms with Gasteiger partial charge in [-0.3, -0.25) is 4.90 Å². The summed E-state index contributed by atoms with van der Waals surface area (Å²) in [5.41, 5.74) is 2.62. The summed E-state index contributed by atoms with van der Waals surface area (Å²) in [6.07, 6.45) is 10.2. The topological polar surface area (TPSA) is 44.4 Å². The second-order valence-electron chi connectivity index (χ2n) is 7.44. The predicted octanol–water partition coefficient (Wildman–Crippen LogP) is 3.98. The SMILES string of the molecule is O=C(NCCC1=CCCCC1)NC1CCN(Cc2ccc(F)cc2)CC1. The number of halogens is 1. The number of carbonyl (C=O) groups excluding carboxylic acids is 1. The van der Waals surface area contributed by atoms with Crippen molar-refractivity contribution in [3.63, 3.8) is 0 Å². The molecule has 0 spiro atoms. The molecule has 3 rings (SSSR count). The maximum Gasteiger partial charge on any atom is 0.315 e. The summed E-state index contributed by atoms with van der Waals surface area (Å²) in [6, 6.07) is 6.91. The van der Waals surface area contributed by atoms with Crippen LogP contribution >= 0.6 is 0 Å². The van der Waals surface area contributed by atoms with Crippen LogP contribution in [0.1, 0.15) is 50.5 Å². The highest BCUT2D eigenvalue weighted by molar-refractivity contribution is 5.74. The number of carbonyl (C=O) groups is 1. The molecular formula is C21H30FN3O. The molecule has 0 unspecified atom stereocenters. The summed E-state index contributed by atoms with van der Waals surface area (Å²) < 4.78 is 13.0. The summed E-state index contributed by atoms with van der Waals surface area (Å²) >= 11 is 0. The van der Waals surface area contributed by atoms with E-state index in [9.17, 15) is 9.18 Å². The van der Waals surface area contributed by atoms with E-state index in [-0.39, 0.29) is 17.9 Å². The summed E-state index contributed by atoms with van der Waals surface area (Å²) in [4.78, 5) is 14.4. The van der Waals surface area contributed by atoms with Gasteiger partial charge in [0.25, 0.3) is 0 Å². The first-order valence-electron chi connectivity index (χ1n) is 9.88. The van der Waals surface area contributed by atoms with Crippen LogP contribution in [-0.2, 0) is 6.54 Å². The number of amides is 2. The average molecular weight is 359 g/mol. The lowest BCUT2D eigenvalue weighted by atomic mass is 9.97. The molecule has 1 aromatic carbocycles. The maximum atomic E-state index is 13.0. The van der Waals surface area contributed by atoms with E-state index < -0.39 is 0 Å². The highest BCUT2D eigenvalue weighted by atomic mass is 19.1. The molecule has 0 saturated carbocycles. The molecule has 1 aliphatic heterocycles. The van der Waals surface area contributed by atoms with Gasteiger partial charge >= 0.3 is 6.03 Å². The van der Waals surface area contributed by atoms with Crippen molar-refractivity contribution in [2.45, 2.75) is 57.5 Å². The Kier molecular flexibility index (Phi) is 7.06. The second kappa shape index (κ2) is 9.72. The monoisotopic (exact) mass is 359 g/mol. The van der Waals surface area contributed by atoms with Crippen molar-refractivity contribution < 1.29 is 9.18 Å². The normalized spacial score (nSPS) is 19.0. The van der Waals surface area contributed by atoms with E-state index in [0.717, 1.165) is 51.0 Å². The Morgan fingerprint density at radius 1 is 1.15 bits per heavy atom. The van der Waals surface area contributed by atoms with E-state index >= 15 is 0 Å². The molecule has 0 aromatic heterocycles. The first kappa shape index (κ1) is 18.9. The largest absolute Gasteiger partial charge is 0.338 e. The van der Waals surface area contributed by atoms with E-state index in [1.807, 2.05) is 12.1 Å². The third-order valence-electron chi connectivity index (χ3n) is 5.36. The van der Waals surface area contributed by atoms with E-state index in [2.05, 4.69) is 21.6 Å². The summed E-state index contributed by atoms with van der Waals surface area (Å²) in [5.74, 6) is -0.192. The Morgan fingerprint density at radius 3 is 2.62 bits per heavy atom. The predicted molar refractivity (Wildman–Crippen MR) is 102 cm³/mol. The van der Waals surface area contributed by atoms with Crippen LogP contribution in [0.5, 0.6) is 0 Å². The van der Waals surface area contributed by atoms with Crippen molar-refractivity contribution in [2.24, 2.45) is 0 Å². The Labute approximate surface area is 155 Å². The van der Waals surface area contributed by atoms with Crippen LogP contribution in [0.4, 0.5) is 9.18 Å². The third-order valence-corrected chi connectivity index (χ3v) is 5.36. The molecule has 1 saturated heterocycles. The third kappa shape index (κ3) is 6.13. The fourth-order valence-electron chi connectivity index (χ4n) is 3.79. The quantitative estimate of drug-likeness (QED) is 0.755. The molecule has 26 heavy (non-hydrogen) atoms. The molecular weight excluding hydrogens is 329 g/mol. The van der Waals surface area contributed by atoms with E-state index in [1.165, 1.54) is 43.4 Å². The van der Waals surface area contributed by atoms with Crippen LogP contribution in [-0.4, -0.2) is 36.6 Å². The summed E-state index contributed by atoms with van der Waals surface area (Å²) in [7, 11) is 0. The number of allylic oxidation sites excluding steroid dienone is 1. The number of hydrogen-bond donors (Lipinski definition) is 2. The van der Waals surface area contributed by atoms with Gasteiger partial charge in [-0.1, -0.05) is 23.8 Å². The zero-order chi connectivity index (χ0) is 18.2. The number of nitrogens with one attached hydrogen (secondary N) is 2. The Morgan fingerprint density at radius 2 is 1.92 bits per heavy atom. The minimum Gasteiger partial charge on any atom is -0.338 e.